The number of amides is 1. The van der Waals surface area contributed by atoms with Gasteiger partial charge in [-0.3, -0.25) is 24.0 Å². The molecule has 6 aliphatic carbocycles. The number of benzene rings is 1. The summed E-state index contributed by atoms with van der Waals surface area (Å²) in [6, 6.07) is 4.03. The maximum absolute atomic E-state index is 13.8. The second kappa shape index (κ2) is 19.2. The van der Waals surface area contributed by atoms with Gasteiger partial charge in [-0.2, -0.15) is 13.2 Å². The Labute approximate surface area is 374 Å². The van der Waals surface area contributed by atoms with Gasteiger partial charge < -0.3 is 21.5 Å². The molecule has 0 heterocycles. The van der Waals surface area contributed by atoms with Crippen LogP contribution in [-0.4, -0.2) is 61.0 Å². The highest BCUT2D eigenvalue weighted by Gasteiger charge is 2.65. The number of nitrogens with one attached hydrogen (secondary N) is 2. The summed E-state index contributed by atoms with van der Waals surface area (Å²) in [6.07, 6.45) is 7.19. The number of aldehydes is 1. The number of halogens is 3. The third-order valence-electron chi connectivity index (χ3n) is 17.8. The van der Waals surface area contributed by atoms with Gasteiger partial charge in [-0.25, -0.2) is 0 Å². The van der Waals surface area contributed by atoms with Crippen molar-refractivity contribution < 1.29 is 42.3 Å². The van der Waals surface area contributed by atoms with Crippen molar-refractivity contribution in [1.82, 2.24) is 10.6 Å². The van der Waals surface area contributed by atoms with E-state index in [-0.39, 0.29) is 62.7 Å². The van der Waals surface area contributed by atoms with Gasteiger partial charge in [-0.05, 0) is 162 Å². The lowest BCUT2D eigenvalue weighted by Crippen LogP contribution is -2.60. The fraction of sp³-hybridized carbons (Fsp3) is 0.745. The maximum Gasteiger partial charge on any atom is 0.416 e. The molecule has 5 fully saturated rings. The summed E-state index contributed by atoms with van der Waals surface area (Å²) in [4.78, 5) is 62.4. The molecule has 9 nitrogen and oxygen atoms in total. The maximum atomic E-state index is 13.8. The Balaban J connectivity index is 0.000000459. The van der Waals surface area contributed by atoms with E-state index in [4.69, 9.17) is 0 Å². The van der Waals surface area contributed by atoms with Gasteiger partial charge in [0.15, 0.2) is 5.78 Å². The number of nitrogens with two attached hydrogens (primary N) is 1. The zero-order chi connectivity index (χ0) is 47.0. The first kappa shape index (κ1) is 50.6. The Morgan fingerprint density at radius 3 is 2.06 bits per heavy atom. The van der Waals surface area contributed by atoms with E-state index in [0.29, 0.717) is 79.8 Å². The number of allylic oxidation sites excluding steroid dienone is 2. The molecule has 0 spiro atoms. The van der Waals surface area contributed by atoms with Gasteiger partial charge >= 0.3 is 12.1 Å². The molecule has 63 heavy (non-hydrogen) atoms. The van der Waals surface area contributed by atoms with Crippen LogP contribution in [0.5, 0.6) is 0 Å². The van der Waals surface area contributed by atoms with Crippen LogP contribution in [0.15, 0.2) is 35.4 Å². The number of rotatable bonds is 11. The lowest BCUT2D eigenvalue weighted by molar-refractivity contribution is -0.173. The monoisotopic (exact) mass is 884 g/mol. The topological polar surface area (TPSA) is 156 Å². The van der Waals surface area contributed by atoms with Crippen molar-refractivity contribution >= 4 is 29.7 Å². The van der Waals surface area contributed by atoms with Crippen LogP contribution in [0.3, 0.4) is 0 Å². The Hall–Kier alpha value is -3.38. The van der Waals surface area contributed by atoms with Crippen molar-refractivity contribution in [3.63, 3.8) is 0 Å². The van der Waals surface area contributed by atoms with Gasteiger partial charge in [0.1, 0.15) is 12.1 Å². The van der Waals surface area contributed by atoms with E-state index < -0.39 is 17.7 Å². The molecule has 12 heteroatoms. The molecule has 352 valence electrons. The van der Waals surface area contributed by atoms with Crippen LogP contribution in [0.2, 0.25) is 0 Å². The Morgan fingerprint density at radius 2 is 1.51 bits per heavy atom. The number of hydrogen-bond acceptors (Lipinski definition) is 7. The van der Waals surface area contributed by atoms with E-state index in [9.17, 15) is 42.3 Å². The number of carboxylic acids is 1. The summed E-state index contributed by atoms with van der Waals surface area (Å²) in [7, 11) is 3.42. The molecule has 0 radical (unpaired) electrons. The number of alkyl halides is 3. The van der Waals surface area contributed by atoms with E-state index in [1.165, 1.54) is 38.3 Å². The quantitative estimate of drug-likeness (QED) is 0.160. The van der Waals surface area contributed by atoms with E-state index in [1.807, 2.05) is 14.0 Å². The first-order valence-electron chi connectivity index (χ1n) is 23.6. The number of likely N-dealkylation sites (N-methyl/N-ethyl adjacent to an activating group) is 1. The van der Waals surface area contributed by atoms with Crippen LogP contribution in [-0.2, 0) is 25.4 Å². The molecule has 1 aromatic carbocycles. The van der Waals surface area contributed by atoms with Crippen molar-refractivity contribution in [1.29, 1.82) is 0 Å². The SMILES string of the molecule is CN.CNC(C)(C)CNC(=O)CC12CCC3C(CCC4C3(C)CCC3C(C)C(CC(=O)C5CC(C(=O)O)C5C)CCC34C)C1=C(C(C)C)C(=O)C2.O=Cc1ccc(C(F)(F)F)cc1. The minimum absolute atomic E-state index is 0.0460. The van der Waals surface area contributed by atoms with E-state index in [1.54, 1.807) is 0 Å². The molecule has 0 saturated heterocycles. The average molecular weight is 884 g/mol. The lowest BCUT2D eigenvalue weighted by Gasteiger charge is -2.67. The third-order valence-corrected chi connectivity index (χ3v) is 17.8. The van der Waals surface area contributed by atoms with Crippen molar-refractivity contribution in [2.75, 3.05) is 20.6 Å². The van der Waals surface area contributed by atoms with E-state index in [0.717, 1.165) is 55.5 Å². The standard InChI is InChI=1S/C42H66N2O5.C8H5F3O.CH5N/c1-23(2)36-33(46)20-42(21-35(47)44-22-39(5,6)43-9)17-14-31-27(37(36)42)10-11-34-40(7)15-12-26(24(3)30(40)13-16-41(31,34)8)18-32(45)28-19-29(25(28)4)38(48)49;9-8(10,11)7-3-1-6(5-12)2-4-7;1-2/h23-31,34,43H,10-22H2,1-9H3,(H,44,47)(H,48,49);1-5H;2H2,1H3. The largest absolute Gasteiger partial charge is 0.481 e. The summed E-state index contributed by atoms with van der Waals surface area (Å²) >= 11 is 0. The predicted octanol–water partition coefficient (Wildman–Crippen LogP) is 9.72. The second-order valence-electron chi connectivity index (χ2n) is 21.7. The number of hydrogen-bond donors (Lipinski definition) is 4. The second-order valence-corrected chi connectivity index (χ2v) is 21.7. The molecule has 12 unspecified atom stereocenters. The first-order valence-corrected chi connectivity index (χ1v) is 23.6. The number of carbonyl (C=O) groups excluding carboxylic acids is 4. The van der Waals surface area contributed by atoms with Crippen molar-refractivity contribution in [3.05, 3.63) is 46.5 Å². The molecule has 0 aliphatic heterocycles. The minimum atomic E-state index is -4.33. The molecule has 5 N–H and O–H groups in total. The van der Waals surface area contributed by atoms with Crippen LogP contribution >= 0.6 is 0 Å². The summed E-state index contributed by atoms with van der Waals surface area (Å²) in [5, 5.41) is 15.9. The van der Waals surface area contributed by atoms with Crippen LogP contribution in [0.4, 0.5) is 13.2 Å². The molecule has 0 aromatic heterocycles. The zero-order valence-electron chi connectivity index (χ0n) is 39.6. The van der Waals surface area contributed by atoms with Crippen LogP contribution < -0.4 is 16.4 Å². The normalized spacial score (nSPS) is 35.9. The number of carboxylic acid groups (broad SMARTS) is 1. The number of ketones is 2. The fourth-order valence-electron chi connectivity index (χ4n) is 14.1. The van der Waals surface area contributed by atoms with Gasteiger partial charge in [0.05, 0.1) is 11.5 Å². The number of fused-ring (bicyclic) bond motifs is 7. The van der Waals surface area contributed by atoms with Crippen molar-refractivity contribution in [2.24, 2.45) is 81.2 Å². The zero-order valence-corrected chi connectivity index (χ0v) is 39.6. The molecule has 7 rings (SSSR count). The van der Waals surface area contributed by atoms with Gasteiger partial charge in [-0.15, -0.1) is 0 Å². The van der Waals surface area contributed by atoms with Gasteiger partial charge in [-0.1, -0.05) is 59.2 Å². The van der Waals surface area contributed by atoms with Crippen molar-refractivity contribution in [3.8, 4) is 0 Å². The van der Waals surface area contributed by atoms with Gasteiger partial charge in [0, 0.05) is 48.2 Å². The Kier molecular flexibility index (Phi) is 15.4. The molecule has 1 aromatic rings. The molecular formula is C51H76F3N3O6. The smallest absolute Gasteiger partial charge is 0.416 e. The van der Waals surface area contributed by atoms with E-state index >= 15 is 0 Å². The number of aliphatic carboxylic acids is 1. The minimum Gasteiger partial charge on any atom is -0.481 e. The van der Waals surface area contributed by atoms with Crippen LogP contribution in [0.25, 0.3) is 0 Å². The lowest BCUT2D eigenvalue weighted by atomic mass is 9.37. The van der Waals surface area contributed by atoms with Crippen LogP contribution in [0, 0.1) is 75.4 Å². The number of Topliss-reactive ketones (excluding diaryl/α,β-unsaturated/α-hetero) is 2. The summed E-state index contributed by atoms with van der Waals surface area (Å²) in [5.74, 6) is 2.62. The summed E-state index contributed by atoms with van der Waals surface area (Å²) < 4.78 is 35.8. The van der Waals surface area contributed by atoms with Gasteiger partial charge in [0.2, 0.25) is 5.91 Å². The van der Waals surface area contributed by atoms with Gasteiger partial charge in [0.25, 0.3) is 0 Å². The molecular weight excluding hydrogens is 808 g/mol. The van der Waals surface area contributed by atoms with Crippen LogP contribution in [0.1, 0.15) is 148 Å². The number of carbonyl (C=O) groups is 5. The molecule has 12 atom stereocenters. The van der Waals surface area contributed by atoms with E-state index in [2.05, 4.69) is 64.8 Å². The summed E-state index contributed by atoms with van der Waals surface area (Å²) in [6.45, 7) is 18.6. The average Bonchev–Trinajstić information content (AvgIpc) is 3.52. The molecule has 6 aliphatic rings. The first-order chi connectivity index (χ1) is 29.4. The predicted molar refractivity (Wildman–Crippen MR) is 239 cm³/mol. The summed E-state index contributed by atoms with van der Waals surface area (Å²) in [5.41, 5.74) is 6.35. The highest BCUT2D eigenvalue weighted by atomic mass is 19.4. The third kappa shape index (κ3) is 9.78. The fourth-order valence-corrected chi connectivity index (χ4v) is 14.1. The molecule has 1 amide bonds. The molecule has 0 bridgehead atoms. The Bertz CT molecular complexity index is 1890. The highest BCUT2D eigenvalue weighted by Crippen LogP contribution is 2.72. The highest BCUT2D eigenvalue weighted by molar-refractivity contribution is 6.01. The molecule has 5 saturated carbocycles. The van der Waals surface area contributed by atoms with Crippen molar-refractivity contribution in [2.45, 2.75) is 144 Å². The Morgan fingerprint density at radius 1 is 0.905 bits per heavy atom.